The van der Waals surface area contributed by atoms with Crippen molar-refractivity contribution < 1.29 is 38.7 Å². The number of fused-ring (bicyclic) bond motifs is 2. The molecule has 10 heteroatoms. The molecule has 0 aromatic heterocycles. The summed E-state index contributed by atoms with van der Waals surface area (Å²) in [4.78, 5) is 28.3. The molecule has 230 valence electrons. The van der Waals surface area contributed by atoms with Crippen molar-refractivity contribution in [2.75, 3.05) is 39.7 Å². The maximum absolute atomic E-state index is 14.0. The molecule has 1 heterocycles. The molecular formula is C32H44N2O8. The number of ether oxygens (including phenoxy) is 4. The molecule has 6 fully saturated rings. The number of esters is 1. The molecule has 12 atom stereocenters. The third kappa shape index (κ3) is 3.21. The topological polar surface area (TPSA) is 127 Å². The number of para-hydroxylation sites is 1. The summed E-state index contributed by atoms with van der Waals surface area (Å²) in [5.74, 6) is -1.54. The first kappa shape index (κ1) is 28.7. The molecule has 7 rings (SSSR count). The van der Waals surface area contributed by atoms with Crippen molar-refractivity contribution in [3.05, 3.63) is 29.8 Å². The molecule has 6 aliphatic rings. The molecule has 1 aliphatic heterocycles. The lowest BCUT2D eigenvalue weighted by Crippen LogP contribution is -2.83. The fourth-order valence-corrected chi connectivity index (χ4v) is 11.6. The van der Waals surface area contributed by atoms with Crippen LogP contribution in [0.1, 0.15) is 56.3 Å². The van der Waals surface area contributed by atoms with Crippen molar-refractivity contribution in [1.29, 1.82) is 0 Å². The first-order valence-electron chi connectivity index (χ1n) is 15.4. The minimum absolute atomic E-state index is 0.0432. The van der Waals surface area contributed by atoms with Crippen LogP contribution in [0, 0.1) is 29.1 Å². The van der Waals surface area contributed by atoms with E-state index >= 15 is 0 Å². The van der Waals surface area contributed by atoms with Crippen molar-refractivity contribution in [2.45, 2.75) is 87.1 Å². The Hall–Kier alpha value is -2.08. The van der Waals surface area contributed by atoms with Gasteiger partial charge in [-0.15, -0.1) is 0 Å². The van der Waals surface area contributed by atoms with Crippen LogP contribution >= 0.6 is 0 Å². The number of hydrogen-bond donors (Lipinski definition) is 3. The van der Waals surface area contributed by atoms with Crippen LogP contribution in [-0.2, 0) is 23.7 Å². The molecule has 1 amide bonds. The molecular weight excluding hydrogens is 540 g/mol. The average Bonchev–Trinajstić information content (AvgIpc) is 3.39. The van der Waals surface area contributed by atoms with Crippen LogP contribution < -0.4 is 5.32 Å². The molecule has 5 aliphatic carbocycles. The molecule has 7 bridgehead atoms. The lowest BCUT2D eigenvalue weighted by Gasteiger charge is -2.70. The van der Waals surface area contributed by atoms with Crippen LogP contribution in [0.2, 0.25) is 0 Å². The van der Waals surface area contributed by atoms with E-state index in [0.29, 0.717) is 56.4 Å². The van der Waals surface area contributed by atoms with Gasteiger partial charge in [0.25, 0.3) is 0 Å². The highest BCUT2D eigenvalue weighted by atomic mass is 16.6. The zero-order valence-electron chi connectivity index (χ0n) is 25.2. The van der Waals surface area contributed by atoms with Crippen LogP contribution in [-0.4, -0.2) is 103 Å². The molecule has 8 unspecified atom stereocenters. The maximum Gasteiger partial charge on any atom is 0.340 e. The number of amides is 1. The second kappa shape index (κ2) is 9.46. The summed E-state index contributed by atoms with van der Waals surface area (Å²) < 4.78 is 25.1. The molecule has 0 radical (unpaired) electrons. The number of aliphatic hydroxyl groups is 2. The normalized spacial score (nSPS) is 48.2. The summed E-state index contributed by atoms with van der Waals surface area (Å²) in [5.41, 5.74) is -3.57. The summed E-state index contributed by atoms with van der Waals surface area (Å²) in [6.07, 6.45) is 1.91. The highest BCUT2D eigenvalue weighted by Crippen LogP contribution is 2.79. The van der Waals surface area contributed by atoms with Gasteiger partial charge in [-0.05, 0) is 44.4 Å². The molecule has 3 N–H and O–H groups in total. The van der Waals surface area contributed by atoms with Gasteiger partial charge in [-0.1, -0.05) is 19.1 Å². The van der Waals surface area contributed by atoms with Crippen LogP contribution in [0.15, 0.2) is 24.3 Å². The summed E-state index contributed by atoms with van der Waals surface area (Å²) in [6.45, 7) is 4.79. The summed E-state index contributed by atoms with van der Waals surface area (Å²) in [5, 5.41) is 28.4. The third-order valence-corrected chi connectivity index (χ3v) is 12.6. The van der Waals surface area contributed by atoms with Gasteiger partial charge < -0.3 is 34.5 Å². The SMILES string of the molecule is CCN1C[C@@]2(OC(=O)c3ccccc3NC(C)=O)CCC(OC)[C@@]34C5CC6C(OC)C[C@@](O)(C(CC23)[C@@H]14)C5(O)C6OC. The van der Waals surface area contributed by atoms with Crippen LogP contribution in [0.4, 0.5) is 5.69 Å². The molecule has 1 aromatic carbocycles. The summed E-state index contributed by atoms with van der Waals surface area (Å²) in [7, 11) is 5.05. The molecule has 5 saturated carbocycles. The number of nitrogens with zero attached hydrogens (tertiary/aromatic N) is 1. The smallest absolute Gasteiger partial charge is 0.340 e. The van der Waals surface area contributed by atoms with Crippen LogP contribution in [0.3, 0.4) is 0 Å². The number of methoxy groups -OCH3 is 3. The molecule has 1 aromatic rings. The van der Waals surface area contributed by atoms with Gasteiger partial charge in [0.2, 0.25) is 5.91 Å². The Kier molecular flexibility index (Phi) is 6.46. The zero-order valence-corrected chi connectivity index (χ0v) is 25.2. The first-order chi connectivity index (χ1) is 20.1. The van der Waals surface area contributed by atoms with Gasteiger partial charge in [-0.2, -0.15) is 0 Å². The zero-order chi connectivity index (χ0) is 29.8. The molecule has 1 spiro atoms. The van der Waals surface area contributed by atoms with Gasteiger partial charge in [-0.25, -0.2) is 4.79 Å². The van der Waals surface area contributed by atoms with Gasteiger partial charge in [0.15, 0.2) is 0 Å². The lowest BCUT2D eigenvalue weighted by atomic mass is 9.44. The van der Waals surface area contributed by atoms with Gasteiger partial charge in [0.1, 0.15) is 16.8 Å². The van der Waals surface area contributed by atoms with Crippen LogP contribution in [0.25, 0.3) is 0 Å². The van der Waals surface area contributed by atoms with Crippen molar-refractivity contribution >= 4 is 17.6 Å². The number of likely N-dealkylation sites (tertiary alicyclic amines) is 1. The number of carbonyl (C=O) groups is 2. The fourth-order valence-electron chi connectivity index (χ4n) is 11.6. The predicted molar refractivity (Wildman–Crippen MR) is 152 cm³/mol. The molecule has 42 heavy (non-hydrogen) atoms. The van der Waals surface area contributed by atoms with Crippen molar-refractivity contribution in [3.8, 4) is 0 Å². The monoisotopic (exact) mass is 584 g/mol. The highest BCUT2D eigenvalue weighted by molar-refractivity contribution is 6.00. The maximum atomic E-state index is 14.0. The largest absolute Gasteiger partial charge is 0.454 e. The number of rotatable bonds is 7. The average molecular weight is 585 g/mol. The van der Waals surface area contributed by atoms with E-state index < -0.39 is 34.3 Å². The van der Waals surface area contributed by atoms with Crippen molar-refractivity contribution in [1.82, 2.24) is 4.90 Å². The number of nitrogens with one attached hydrogen (secondary N) is 1. The number of piperidine rings is 1. The minimum atomic E-state index is -1.48. The molecule has 1 saturated heterocycles. The van der Waals surface area contributed by atoms with Gasteiger partial charge in [0, 0.05) is 76.3 Å². The minimum Gasteiger partial charge on any atom is -0.454 e. The van der Waals surface area contributed by atoms with E-state index in [1.54, 1.807) is 45.6 Å². The van der Waals surface area contributed by atoms with E-state index in [0.717, 1.165) is 0 Å². The van der Waals surface area contributed by atoms with Gasteiger partial charge in [-0.3, -0.25) is 9.69 Å². The summed E-state index contributed by atoms with van der Waals surface area (Å²) >= 11 is 0. The van der Waals surface area contributed by atoms with E-state index in [1.165, 1.54) is 6.92 Å². The second-order valence-corrected chi connectivity index (χ2v) is 13.7. The Morgan fingerprint density at radius 1 is 1.07 bits per heavy atom. The Bertz CT molecular complexity index is 1290. The van der Waals surface area contributed by atoms with E-state index in [4.69, 9.17) is 18.9 Å². The highest BCUT2D eigenvalue weighted by Gasteiger charge is 2.89. The second-order valence-electron chi connectivity index (χ2n) is 13.7. The predicted octanol–water partition coefficient (Wildman–Crippen LogP) is 2.22. The van der Waals surface area contributed by atoms with E-state index in [2.05, 4.69) is 17.1 Å². The van der Waals surface area contributed by atoms with Crippen LogP contribution in [0.5, 0.6) is 0 Å². The van der Waals surface area contributed by atoms with Crippen molar-refractivity contribution in [2.24, 2.45) is 29.1 Å². The number of hydrogen-bond acceptors (Lipinski definition) is 9. The van der Waals surface area contributed by atoms with E-state index in [1.807, 2.05) is 0 Å². The number of benzene rings is 1. The lowest BCUT2D eigenvalue weighted by molar-refractivity contribution is -0.337. The van der Waals surface area contributed by atoms with E-state index in [-0.39, 0.29) is 47.8 Å². The fraction of sp³-hybridized carbons (Fsp3) is 0.750. The third-order valence-electron chi connectivity index (χ3n) is 12.6. The Labute approximate surface area is 247 Å². The Balaban J connectivity index is 1.38. The summed E-state index contributed by atoms with van der Waals surface area (Å²) in [6, 6.07) is 6.89. The number of carbonyl (C=O) groups excluding carboxylic acids is 2. The Morgan fingerprint density at radius 2 is 1.83 bits per heavy atom. The Morgan fingerprint density at radius 3 is 2.50 bits per heavy atom. The van der Waals surface area contributed by atoms with Crippen molar-refractivity contribution in [3.63, 3.8) is 0 Å². The first-order valence-corrected chi connectivity index (χ1v) is 15.4. The van der Waals surface area contributed by atoms with Gasteiger partial charge in [0.05, 0.1) is 29.6 Å². The van der Waals surface area contributed by atoms with E-state index in [9.17, 15) is 19.8 Å². The number of likely N-dealkylation sites (N-methyl/N-ethyl adjacent to an activating group) is 1. The molecule has 10 nitrogen and oxygen atoms in total. The van der Waals surface area contributed by atoms with Gasteiger partial charge >= 0.3 is 5.97 Å². The number of anilines is 1. The quantitative estimate of drug-likeness (QED) is 0.414. The standard InChI is InChI=1S/C32H44N2O8/c1-6-34-16-29(42-28(36)18-9-7-8-10-21(18)33-17(2)35)12-11-25(40-4)31-23(29)14-20(26(31)34)30(37)15-22(39-3)19-13-24(31)32(30,38)27(19)41-5/h7-10,19-20,22-27,37-38H,6,11-16H2,1-5H3,(H,33,35)/t19?,20?,22?,23?,24?,25?,26-,27?,29+,30-,31+,32?/m1/s1.